The van der Waals surface area contributed by atoms with Gasteiger partial charge < -0.3 is 15.2 Å². The third-order valence-corrected chi connectivity index (χ3v) is 3.68. The fraction of sp³-hybridized carbons (Fsp3) is 1.00. The molecule has 1 aliphatic heterocycles. The van der Waals surface area contributed by atoms with E-state index in [0.717, 1.165) is 18.9 Å². The Morgan fingerprint density at radius 3 is 2.60 bits per heavy atom. The van der Waals surface area contributed by atoms with Crippen molar-refractivity contribution in [2.45, 2.75) is 51.7 Å². The van der Waals surface area contributed by atoms with Gasteiger partial charge in [0.15, 0.2) is 0 Å². The van der Waals surface area contributed by atoms with Gasteiger partial charge in [-0.2, -0.15) is 0 Å². The lowest BCUT2D eigenvalue weighted by molar-refractivity contribution is -0.0265. The molecule has 2 atom stereocenters. The van der Waals surface area contributed by atoms with Crippen LogP contribution in [0.5, 0.6) is 0 Å². The Kier molecular flexibility index (Phi) is 5.03. The van der Waals surface area contributed by atoms with Gasteiger partial charge in [-0.25, -0.2) is 0 Å². The van der Waals surface area contributed by atoms with Crippen molar-refractivity contribution < 1.29 is 9.84 Å². The summed E-state index contributed by atoms with van der Waals surface area (Å²) in [6.07, 6.45) is 3.12. The summed E-state index contributed by atoms with van der Waals surface area (Å²) < 4.78 is 5.39. The molecule has 0 amide bonds. The van der Waals surface area contributed by atoms with Gasteiger partial charge >= 0.3 is 0 Å². The molecule has 90 valence electrons. The minimum atomic E-state index is -0.647. The van der Waals surface area contributed by atoms with Crippen LogP contribution >= 0.6 is 0 Å². The van der Waals surface area contributed by atoms with Gasteiger partial charge in [-0.1, -0.05) is 26.7 Å². The molecule has 2 unspecified atom stereocenters. The van der Waals surface area contributed by atoms with Crippen molar-refractivity contribution in [3.8, 4) is 0 Å². The molecule has 1 saturated heterocycles. The first-order chi connectivity index (χ1) is 7.12. The number of hydrogen-bond donors (Lipinski definition) is 2. The van der Waals surface area contributed by atoms with Gasteiger partial charge in [0.25, 0.3) is 0 Å². The Bertz CT molecular complexity index is 182. The molecule has 1 rings (SSSR count). The van der Waals surface area contributed by atoms with E-state index in [4.69, 9.17) is 4.74 Å². The quantitative estimate of drug-likeness (QED) is 0.706. The largest absolute Gasteiger partial charge is 0.386 e. The molecule has 2 N–H and O–H groups in total. The first-order valence-corrected chi connectivity index (χ1v) is 6.17. The number of aliphatic hydroxyl groups is 1. The van der Waals surface area contributed by atoms with E-state index in [2.05, 4.69) is 19.2 Å². The van der Waals surface area contributed by atoms with Crippen molar-refractivity contribution in [2.24, 2.45) is 5.92 Å². The summed E-state index contributed by atoms with van der Waals surface area (Å²) in [5.41, 5.74) is -0.647. The molecule has 0 aromatic rings. The highest BCUT2D eigenvalue weighted by atomic mass is 16.5. The zero-order chi connectivity index (χ0) is 11.3. The fourth-order valence-corrected chi connectivity index (χ4v) is 2.07. The molecular formula is C12H25NO2. The third kappa shape index (κ3) is 3.44. The summed E-state index contributed by atoms with van der Waals surface area (Å²) in [6.45, 7) is 8.72. The SMILES string of the molecule is CCC(CC)CNCC1(O)CCOC1C. The van der Waals surface area contributed by atoms with Crippen LogP contribution in [-0.4, -0.2) is 36.5 Å². The molecule has 0 saturated carbocycles. The monoisotopic (exact) mass is 215 g/mol. The predicted molar refractivity (Wildman–Crippen MR) is 61.9 cm³/mol. The number of rotatable bonds is 6. The zero-order valence-corrected chi connectivity index (χ0v) is 10.3. The highest BCUT2D eigenvalue weighted by Crippen LogP contribution is 2.24. The first-order valence-electron chi connectivity index (χ1n) is 6.17. The van der Waals surface area contributed by atoms with Crippen LogP contribution < -0.4 is 5.32 Å². The van der Waals surface area contributed by atoms with Crippen molar-refractivity contribution in [1.29, 1.82) is 0 Å². The van der Waals surface area contributed by atoms with Gasteiger partial charge in [-0.05, 0) is 19.4 Å². The lowest BCUT2D eigenvalue weighted by Crippen LogP contribution is -2.46. The molecule has 15 heavy (non-hydrogen) atoms. The van der Waals surface area contributed by atoms with E-state index in [1.807, 2.05) is 6.92 Å². The van der Waals surface area contributed by atoms with Crippen LogP contribution in [-0.2, 0) is 4.74 Å². The Hall–Kier alpha value is -0.120. The van der Waals surface area contributed by atoms with Crippen molar-refractivity contribution in [3.63, 3.8) is 0 Å². The average Bonchev–Trinajstić information content (AvgIpc) is 2.55. The smallest absolute Gasteiger partial charge is 0.105 e. The molecule has 0 aromatic heterocycles. The standard InChI is InChI=1S/C12H25NO2/c1-4-11(5-2)8-13-9-12(14)6-7-15-10(12)3/h10-11,13-14H,4-9H2,1-3H3. The van der Waals surface area contributed by atoms with E-state index in [1.165, 1.54) is 12.8 Å². The summed E-state index contributed by atoms with van der Waals surface area (Å²) in [5, 5.41) is 13.6. The first kappa shape index (κ1) is 12.9. The minimum Gasteiger partial charge on any atom is -0.386 e. The van der Waals surface area contributed by atoms with E-state index in [-0.39, 0.29) is 6.10 Å². The fourth-order valence-electron chi connectivity index (χ4n) is 2.07. The van der Waals surface area contributed by atoms with Crippen LogP contribution in [0.25, 0.3) is 0 Å². The lowest BCUT2D eigenvalue weighted by Gasteiger charge is -2.27. The third-order valence-electron chi connectivity index (χ3n) is 3.68. The van der Waals surface area contributed by atoms with Crippen LogP contribution in [0, 0.1) is 5.92 Å². The van der Waals surface area contributed by atoms with Gasteiger partial charge in [0.05, 0.1) is 6.10 Å². The molecule has 0 aromatic carbocycles. The Balaban J connectivity index is 2.24. The topological polar surface area (TPSA) is 41.5 Å². The van der Waals surface area contributed by atoms with Crippen LogP contribution in [0.3, 0.4) is 0 Å². The summed E-state index contributed by atoms with van der Waals surface area (Å²) in [4.78, 5) is 0. The van der Waals surface area contributed by atoms with E-state index >= 15 is 0 Å². The second-order valence-corrected chi connectivity index (χ2v) is 4.68. The second-order valence-electron chi connectivity index (χ2n) is 4.68. The lowest BCUT2D eigenvalue weighted by atomic mass is 9.96. The number of hydrogen-bond acceptors (Lipinski definition) is 3. The Labute approximate surface area is 93.2 Å². The highest BCUT2D eigenvalue weighted by Gasteiger charge is 2.38. The van der Waals surface area contributed by atoms with Gasteiger partial charge in [0.2, 0.25) is 0 Å². The maximum absolute atomic E-state index is 10.2. The number of nitrogens with one attached hydrogen (secondary N) is 1. The average molecular weight is 215 g/mol. The highest BCUT2D eigenvalue weighted by molar-refractivity contribution is 4.91. The molecule has 1 fully saturated rings. The van der Waals surface area contributed by atoms with Crippen LogP contribution in [0.15, 0.2) is 0 Å². The molecule has 0 radical (unpaired) electrons. The minimum absolute atomic E-state index is 0.0355. The molecule has 3 heteroatoms. The number of ether oxygens (including phenoxy) is 1. The molecule has 3 nitrogen and oxygen atoms in total. The maximum atomic E-state index is 10.2. The maximum Gasteiger partial charge on any atom is 0.105 e. The second kappa shape index (κ2) is 5.83. The van der Waals surface area contributed by atoms with Crippen molar-refractivity contribution in [3.05, 3.63) is 0 Å². The molecule has 0 bridgehead atoms. The van der Waals surface area contributed by atoms with E-state index in [1.54, 1.807) is 0 Å². The molecule has 1 heterocycles. The summed E-state index contributed by atoms with van der Waals surface area (Å²) in [6, 6.07) is 0. The summed E-state index contributed by atoms with van der Waals surface area (Å²) in [7, 11) is 0. The van der Waals surface area contributed by atoms with Crippen molar-refractivity contribution in [2.75, 3.05) is 19.7 Å². The van der Waals surface area contributed by atoms with Crippen molar-refractivity contribution in [1.82, 2.24) is 5.32 Å². The summed E-state index contributed by atoms with van der Waals surface area (Å²) in [5.74, 6) is 0.728. The van der Waals surface area contributed by atoms with Crippen LogP contribution in [0.4, 0.5) is 0 Å². The summed E-state index contributed by atoms with van der Waals surface area (Å²) >= 11 is 0. The van der Waals surface area contributed by atoms with Crippen LogP contribution in [0.1, 0.15) is 40.0 Å². The van der Waals surface area contributed by atoms with Gasteiger partial charge in [-0.15, -0.1) is 0 Å². The normalized spacial score (nSPS) is 31.4. The Morgan fingerprint density at radius 1 is 1.47 bits per heavy atom. The van der Waals surface area contributed by atoms with Crippen LogP contribution in [0.2, 0.25) is 0 Å². The van der Waals surface area contributed by atoms with E-state index in [0.29, 0.717) is 13.2 Å². The Morgan fingerprint density at radius 2 is 2.13 bits per heavy atom. The van der Waals surface area contributed by atoms with Gasteiger partial charge in [0.1, 0.15) is 5.60 Å². The molecule has 1 aliphatic rings. The van der Waals surface area contributed by atoms with Gasteiger partial charge in [0, 0.05) is 19.6 Å². The van der Waals surface area contributed by atoms with Gasteiger partial charge in [-0.3, -0.25) is 0 Å². The van der Waals surface area contributed by atoms with E-state index in [9.17, 15) is 5.11 Å². The molecular weight excluding hydrogens is 190 g/mol. The predicted octanol–water partition coefficient (Wildman–Crippen LogP) is 1.55. The molecule has 0 spiro atoms. The molecule has 0 aliphatic carbocycles. The van der Waals surface area contributed by atoms with Crippen molar-refractivity contribution >= 4 is 0 Å². The van der Waals surface area contributed by atoms with E-state index < -0.39 is 5.60 Å². The zero-order valence-electron chi connectivity index (χ0n) is 10.3.